The molecular formula is C22H19N5O3. The van der Waals surface area contributed by atoms with Crippen LogP contribution in [0.4, 0.5) is 5.69 Å². The number of benzene rings is 2. The minimum atomic E-state index is -0.325. The van der Waals surface area contributed by atoms with Crippen molar-refractivity contribution >= 4 is 22.5 Å². The summed E-state index contributed by atoms with van der Waals surface area (Å²) >= 11 is 0. The van der Waals surface area contributed by atoms with Gasteiger partial charge in [-0.25, -0.2) is 15.0 Å². The summed E-state index contributed by atoms with van der Waals surface area (Å²) in [6.45, 7) is 3.61. The van der Waals surface area contributed by atoms with Crippen LogP contribution in [0.25, 0.3) is 10.9 Å². The number of nitrogens with zero attached hydrogens (tertiary/aromatic N) is 4. The average Bonchev–Trinajstić information content (AvgIpc) is 2.73. The van der Waals surface area contributed by atoms with Crippen molar-refractivity contribution in [3.05, 3.63) is 82.7 Å². The SMILES string of the molecule is Cc1cc(Oc2ncccn2)ccc1NC(=O)Cn1cnc2c(C)cccc2c1=O. The molecule has 0 saturated carbocycles. The molecule has 0 radical (unpaired) electrons. The average molecular weight is 401 g/mol. The zero-order valence-corrected chi connectivity index (χ0v) is 16.5. The molecule has 0 saturated heterocycles. The Hall–Kier alpha value is -4.07. The molecule has 4 aromatic rings. The van der Waals surface area contributed by atoms with Crippen molar-refractivity contribution < 1.29 is 9.53 Å². The minimum absolute atomic E-state index is 0.134. The number of nitrogens with one attached hydrogen (secondary N) is 1. The van der Waals surface area contributed by atoms with Gasteiger partial charge in [0.05, 0.1) is 17.2 Å². The topological polar surface area (TPSA) is 99.0 Å². The number of rotatable bonds is 5. The molecule has 1 N–H and O–H groups in total. The van der Waals surface area contributed by atoms with Crippen LogP contribution in [0.5, 0.6) is 11.8 Å². The summed E-state index contributed by atoms with van der Waals surface area (Å²) in [7, 11) is 0. The summed E-state index contributed by atoms with van der Waals surface area (Å²) in [5.74, 6) is 0.232. The number of anilines is 1. The van der Waals surface area contributed by atoms with Crippen molar-refractivity contribution in [1.82, 2.24) is 19.5 Å². The number of hydrogen-bond donors (Lipinski definition) is 1. The van der Waals surface area contributed by atoms with Crippen LogP contribution >= 0.6 is 0 Å². The van der Waals surface area contributed by atoms with Gasteiger partial charge in [-0.05, 0) is 55.3 Å². The Morgan fingerprint density at radius 3 is 2.60 bits per heavy atom. The number of aryl methyl sites for hydroxylation is 2. The number of fused-ring (bicyclic) bond motifs is 1. The van der Waals surface area contributed by atoms with Crippen LogP contribution in [0.15, 0.2) is 66.0 Å². The number of para-hydroxylation sites is 1. The molecule has 0 aliphatic carbocycles. The van der Waals surface area contributed by atoms with Crippen LogP contribution in [-0.2, 0) is 11.3 Å². The molecule has 0 atom stereocenters. The summed E-state index contributed by atoms with van der Waals surface area (Å²) in [4.78, 5) is 37.5. The van der Waals surface area contributed by atoms with Crippen LogP contribution in [-0.4, -0.2) is 25.4 Å². The largest absolute Gasteiger partial charge is 0.424 e. The van der Waals surface area contributed by atoms with Crippen molar-refractivity contribution in [3.63, 3.8) is 0 Å². The van der Waals surface area contributed by atoms with E-state index in [2.05, 4.69) is 20.3 Å². The summed E-state index contributed by atoms with van der Waals surface area (Å²) in [6.07, 6.45) is 4.59. The highest BCUT2D eigenvalue weighted by molar-refractivity contribution is 5.91. The number of hydrogen-bond acceptors (Lipinski definition) is 6. The van der Waals surface area contributed by atoms with Gasteiger partial charge in [0.1, 0.15) is 12.3 Å². The van der Waals surface area contributed by atoms with E-state index >= 15 is 0 Å². The van der Waals surface area contributed by atoms with Gasteiger partial charge in [-0.2, -0.15) is 0 Å². The first-order chi connectivity index (χ1) is 14.5. The molecule has 0 aliphatic rings. The maximum Gasteiger partial charge on any atom is 0.321 e. The Balaban J connectivity index is 1.48. The second kappa shape index (κ2) is 8.12. The van der Waals surface area contributed by atoms with Crippen LogP contribution in [0.2, 0.25) is 0 Å². The standard InChI is InChI=1S/C22H19N5O3/c1-14-5-3-6-17-20(14)25-13-27(21(17)29)12-19(28)26-18-8-7-16(11-15(18)2)30-22-23-9-4-10-24-22/h3-11,13H,12H2,1-2H3,(H,26,28). The normalized spacial score (nSPS) is 10.7. The highest BCUT2D eigenvalue weighted by Gasteiger charge is 2.11. The van der Waals surface area contributed by atoms with E-state index in [-0.39, 0.29) is 24.0 Å². The molecule has 2 aromatic carbocycles. The summed E-state index contributed by atoms with van der Waals surface area (Å²) in [6, 6.07) is 12.6. The zero-order chi connectivity index (χ0) is 21.1. The molecule has 0 aliphatic heterocycles. The minimum Gasteiger partial charge on any atom is -0.424 e. The fraction of sp³-hybridized carbons (Fsp3) is 0.136. The fourth-order valence-electron chi connectivity index (χ4n) is 3.08. The predicted molar refractivity (Wildman–Crippen MR) is 113 cm³/mol. The molecule has 2 aromatic heterocycles. The Kier molecular flexibility index (Phi) is 5.21. The number of carbonyl (C=O) groups is 1. The smallest absolute Gasteiger partial charge is 0.321 e. The molecule has 0 fully saturated rings. The zero-order valence-electron chi connectivity index (χ0n) is 16.5. The lowest BCUT2D eigenvalue weighted by Gasteiger charge is -2.12. The molecule has 8 nitrogen and oxygen atoms in total. The van der Waals surface area contributed by atoms with E-state index in [1.807, 2.05) is 19.9 Å². The first-order valence-electron chi connectivity index (χ1n) is 9.31. The molecule has 30 heavy (non-hydrogen) atoms. The second-order valence-corrected chi connectivity index (χ2v) is 6.81. The van der Waals surface area contributed by atoms with Crippen molar-refractivity contribution in [2.45, 2.75) is 20.4 Å². The van der Waals surface area contributed by atoms with Crippen molar-refractivity contribution in [3.8, 4) is 11.8 Å². The Bertz CT molecular complexity index is 1290. The second-order valence-electron chi connectivity index (χ2n) is 6.81. The van der Waals surface area contributed by atoms with Crippen molar-refractivity contribution in [1.29, 1.82) is 0 Å². The molecule has 1 amide bonds. The lowest BCUT2D eigenvalue weighted by Crippen LogP contribution is -2.28. The fourth-order valence-corrected chi connectivity index (χ4v) is 3.08. The van der Waals surface area contributed by atoms with Gasteiger partial charge < -0.3 is 10.1 Å². The van der Waals surface area contributed by atoms with Gasteiger partial charge in [-0.3, -0.25) is 14.2 Å². The third-order valence-electron chi connectivity index (χ3n) is 4.59. The number of carbonyl (C=O) groups excluding carboxylic acids is 1. The van der Waals surface area contributed by atoms with Gasteiger partial charge in [0, 0.05) is 18.1 Å². The molecule has 0 unspecified atom stereocenters. The van der Waals surface area contributed by atoms with E-state index in [1.54, 1.807) is 48.8 Å². The van der Waals surface area contributed by atoms with Gasteiger partial charge in [-0.15, -0.1) is 0 Å². The van der Waals surface area contributed by atoms with Crippen molar-refractivity contribution in [2.75, 3.05) is 5.32 Å². The maximum absolute atomic E-state index is 12.7. The summed E-state index contributed by atoms with van der Waals surface area (Å²) < 4.78 is 6.89. The van der Waals surface area contributed by atoms with Crippen LogP contribution in [0, 0.1) is 13.8 Å². The molecular weight excluding hydrogens is 382 g/mol. The Morgan fingerprint density at radius 2 is 1.83 bits per heavy atom. The predicted octanol–water partition coefficient (Wildman–Crippen LogP) is 3.23. The van der Waals surface area contributed by atoms with Gasteiger partial charge in [0.25, 0.3) is 5.56 Å². The van der Waals surface area contributed by atoms with E-state index < -0.39 is 0 Å². The lowest BCUT2D eigenvalue weighted by molar-refractivity contribution is -0.116. The highest BCUT2D eigenvalue weighted by Crippen LogP contribution is 2.24. The monoisotopic (exact) mass is 401 g/mol. The van der Waals surface area contributed by atoms with E-state index in [1.165, 1.54) is 10.9 Å². The van der Waals surface area contributed by atoms with Gasteiger partial charge in [-0.1, -0.05) is 12.1 Å². The van der Waals surface area contributed by atoms with Crippen LogP contribution < -0.4 is 15.6 Å². The van der Waals surface area contributed by atoms with Crippen LogP contribution in [0.3, 0.4) is 0 Å². The molecule has 4 rings (SSSR count). The number of amides is 1. The molecule has 150 valence electrons. The third-order valence-corrected chi connectivity index (χ3v) is 4.59. The number of ether oxygens (including phenoxy) is 1. The molecule has 8 heteroatoms. The molecule has 2 heterocycles. The van der Waals surface area contributed by atoms with Gasteiger partial charge in [0.2, 0.25) is 5.91 Å². The van der Waals surface area contributed by atoms with Gasteiger partial charge >= 0.3 is 6.01 Å². The quantitative estimate of drug-likeness (QED) is 0.551. The van der Waals surface area contributed by atoms with Gasteiger partial charge in [0.15, 0.2) is 0 Å². The Labute approximate surface area is 172 Å². The maximum atomic E-state index is 12.7. The molecule has 0 spiro atoms. The summed E-state index contributed by atoms with van der Waals surface area (Å²) in [5, 5.41) is 3.31. The van der Waals surface area contributed by atoms with E-state index in [0.717, 1.165) is 11.1 Å². The van der Waals surface area contributed by atoms with E-state index in [0.29, 0.717) is 22.3 Å². The first kappa shape index (κ1) is 19.3. The van der Waals surface area contributed by atoms with E-state index in [9.17, 15) is 9.59 Å². The Morgan fingerprint density at radius 1 is 1.03 bits per heavy atom. The first-order valence-corrected chi connectivity index (χ1v) is 9.31. The molecule has 0 bridgehead atoms. The van der Waals surface area contributed by atoms with Crippen molar-refractivity contribution in [2.24, 2.45) is 0 Å². The lowest BCUT2D eigenvalue weighted by atomic mass is 10.1. The highest BCUT2D eigenvalue weighted by atomic mass is 16.5. The summed E-state index contributed by atoms with van der Waals surface area (Å²) in [5.41, 5.74) is 2.74. The third kappa shape index (κ3) is 4.02. The van der Waals surface area contributed by atoms with Crippen LogP contribution in [0.1, 0.15) is 11.1 Å². The number of aromatic nitrogens is 4. The van der Waals surface area contributed by atoms with E-state index in [4.69, 9.17) is 4.74 Å².